The quantitative estimate of drug-likeness (QED) is 0.573. The van der Waals surface area contributed by atoms with E-state index >= 15 is 0 Å². The summed E-state index contributed by atoms with van der Waals surface area (Å²) in [6.07, 6.45) is 11.9. The van der Waals surface area contributed by atoms with Crippen molar-refractivity contribution in [1.29, 1.82) is 0 Å². The summed E-state index contributed by atoms with van der Waals surface area (Å²) in [7, 11) is 0. The third-order valence-electron chi connectivity index (χ3n) is 2.64. The van der Waals surface area contributed by atoms with Crippen LogP contribution in [0.25, 0.3) is 24.3 Å². The van der Waals surface area contributed by atoms with Gasteiger partial charge in [0.25, 0.3) is 0 Å². The van der Waals surface area contributed by atoms with Crippen LogP contribution in [0.5, 0.6) is 0 Å². The number of rotatable bonds is 0. The molecule has 0 radical (unpaired) electrons. The van der Waals surface area contributed by atoms with Crippen molar-refractivity contribution in [3.8, 4) is 0 Å². The molecule has 0 aliphatic heterocycles. The van der Waals surface area contributed by atoms with Gasteiger partial charge in [0.15, 0.2) is 5.43 Å². The van der Waals surface area contributed by atoms with Crippen LogP contribution in [-0.4, -0.2) is 0 Å². The molecule has 3 rings (SSSR count). The molecule has 0 unspecified atom stereocenters. The summed E-state index contributed by atoms with van der Waals surface area (Å²) < 4.78 is 0. The topological polar surface area (TPSA) is 17.1 Å². The zero-order valence-corrected chi connectivity index (χ0v) is 7.53. The lowest BCUT2D eigenvalue weighted by molar-refractivity contribution is 1.55. The Balaban J connectivity index is 2.67. The van der Waals surface area contributed by atoms with Crippen LogP contribution in [0.2, 0.25) is 0 Å². The third-order valence-corrected chi connectivity index (χ3v) is 2.64. The van der Waals surface area contributed by atoms with Crippen molar-refractivity contribution in [3.63, 3.8) is 0 Å². The zero-order chi connectivity index (χ0) is 9.54. The molecule has 0 spiro atoms. The van der Waals surface area contributed by atoms with E-state index in [0.717, 1.165) is 21.6 Å². The lowest BCUT2D eigenvalue weighted by Crippen LogP contribution is -2.22. The van der Waals surface area contributed by atoms with Crippen LogP contribution in [0.1, 0.15) is 11.1 Å². The van der Waals surface area contributed by atoms with Gasteiger partial charge in [0.2, 0.25) is 0 Å². The SMILES string of the molecule is O=c1ccc2c(c3c1=CC=C3)C=CC=2. The molecule has 0 fully saturated rings. The number of fused-ring (bicyclic) bond motifs is 3. The van der Waals surface area contributed by atoms with Gasteiger partial charge in [-0.1, -0.05) is 42.5 Å². The van der Waals surface area contributed by atoms with Gasteiger partial charge in [-0.25, -0.2) is 0 Å². The van der Waals surface area contributed by atoms with Gasteiger partial charge in [0.1, 0.15) is 0 Å². The van der Waals surface area contributed by atoms with Crippen LogP contribution in [0.3, 0.4) is 0 Å². The van der Waals surface area contributed by atoms with Gasteiger partial charge in [-0.05, 0) is 22.4 Å². The summed E-state index contributed by atoms with van der Waals surface area (Å²) in [4.78, 5) is 11.6. The monoisotopic (exact) mass is 180 g/mol. The minimum Gasteiger partial charge on any atom is -0.289 e. The summed E-state index contributed by atoms with van der Waals surface area (Å²) in [6.45, 7) is 0. The normalized spacial score (nSPS) is 14.6. The average molecular weight is 180 g/mol. The van der Waals surface area contributed by atoms with Crippen molar-refractivity contribution >= 4 is 24.3 Å². The molecule has 66 valence electrons. The highest BCUT2D eigenvalue weighted by Crippen LogP contribution is 2.09. The van der Waals surface area contributed by atoms with Gasteiger partial charge in [-0.15, -0.1) is 0 Å². The van der Waals surface area contributed by atoms with E-state index < -0.39 is 0 Å². The molecule has 0 saturated carbocycles. The number of hydrogen-bond acceptors (Lipinski definition) is 1. The first-order valence-electron chi connectivity index (χ1n) is 4.60. The van der Waals surface area contributed by atoms with Crippen molar-refractivity contribution in [3.05, 3.63) is 56.1 Å². The Kier molecular flexibility index (Phi) is 1.37. The van der Waals surface area contributed by atoms with Crippen LogP contribution >= 0.6 is 0 Å². The van der Waals surface area contributed by atoms with Gasteiger partial charge in [0.05, 0.1) is 0 Å². The fraction of sp³-hybridized carbons (Fsp3) is 0. The van der Waals surface area contributed by atoms with Gasteiger partial charge < -0.3 is 0 Å². The molecule has 1 nitrogen and oxygen atoms in total. The second-order valence-electron chi connectivity index (χ2n) is 3.45. The van der Waals surface area contributed by atoms with E-state index in [9.17, 15) is 4.79 Å². The first kappa shape index (κ1) is 7.51. The Bertz CT molecular complexity index is 646. The average Bonchev–Trinajstić information content (AvgIpc) is 2.80. The van der Waals surface area contributed by atoms with Gasteiger partial charge >= 0.3 is 0 Å². The summed E-state index contributed by atoms with van der Waals surface area (Å²) >= 11 is 0. The second kappa shape index (κ2) is 2.55. The minimum absolute atomic E-state index is 0.0983. The molecule has 1 aromatic carbocycles. The smallest absolute Gasteiger partial charge is 0.186 e. The van der Waals surface area contributed by atoms with Crippen LogP contribution in [0.15, 0.2) is 29.1 Å². The first-order valence-corrected chi connectivity index (χ1v) is 4.60. The lowest BCUT2D eigenvalue weighted by atomic mass is 10.1. The molecule has 2 aliphatic carbocycles. The molecular formula is C13H8O. The molecule has 0 saturated heterocycles. The van der Waals surface area contributed by atoms with Crippen LogP contribution < -0.4 is 15.9 Å². The third kappa shape index (κ3) is 0.867. The second-order valence-corrected chi connectivity index (χ2v) is 3.45. The number of hydrogen-bond donors (Lipinski definition) is 0. The highest BCUT2D eigenvalue weighted by atomic mass is 16.1. The van der Waals surface area contributed by atoms with E-state index in [-0.39, 0.29) is 5.43 Å². The summed E-state index contributed by atoms with van der Waals surface area (Å²) in [6, 6.07) is 3.53. The molecule has 0 N–H and O–H groups in total. The Labute approximate surface area is 81.0 Å². The van der Waals surface area contributed by atoms with Gasteiger partial charge in [-0.3, -0.25) is 4.79 Å². The highest BCUT2D eigenvalue weighted by Gasteiger charge is 2.06. The van der Waals surface area contributed by atoms with Crippen LogP contribution in [0, 0.1) is 0 Å². The van der Waals surface area contributed by atoms with Crippen molar-refractivity contribution in [2.45, 2.75) is 0 Å². The summed E-state index contributed by atoms with van der Waals surface area (Å²) in [5.41, 5.74) is 2.31. The first-order chi connectivity index (χ1) is 6.86. The largest absolute Gasteiger partial charge is 0.289 e. The number of allylic oxidation sites excluding steroid dienone is 2. The van der Waals surface area contributed by atoms with Crippen LogP contribution in [0.4, 0.5) is 0 Å². The molecule has 0 aromatic heterocycles. The van der Waals surface area contributed by atoms with E-state index in [4.69, 9.17) is 0 Å². The standard InChI is InChI=1S/C13H8O/c14-13-8-7-9-3-1-4-10(9)11-5-2-6-12(11)13/h1-8H. The van der Waals surface area contributed by atoms with E-state index in [1.807, 2.05) is 36.4 Å². The van der Waals surface area contributed by atoms with Crippen molar-refractivity contribution in [2.75, 3.05) is 0 Å². The maximum Gasteiger partial charge on any atom is 0.186 e. The van der Waals surface area contributed by atoms with Gasteiger partial charge in [-0.2, -0.15) is 0 Å². The molecule has 1 heteroatoms. The predicted molar refractivity (Wildman–Crippen MR) is 59.0 cm³/mol. The fourth-order valence-corrected chi connectivity index (χ4v) is 1.95. The van der Waals surface area contributed by atoms with Crippen molar-refractivity contribution < 1.29 is 0 Å². The molecule has 0 heterocycles. The van der Waals surface area contributed by atoms with E-state index in [1.54, 1.807) is 6.07 Å². The molecule has 0 amide bonds. The Hall–Kier alpha value is -1.89. The molecule has 1 aromatic rings. The minimum atomic E-state index is 0.0983. The fourth-order valence-electron chi connectivity index (χ4n) is 1.95. The summed E-state index contributed by atoms with van der Waals surface area (Å²) in [5, 5.41) is 1.94. The maximum absolute atomic E-state index is 11.6. The Morgan fingerprint density at radius 3 is 2.57 bits per heavy atom. The summed E-state index contributed by atoms with van der Waals surface area (Å²) in [5.74, 6) is 0. The molecule has 14 heavy (non-hydrogen) atoms. The van der Waals surface area contributed by atoms with Gasteiger partial charge in [0, 0.05) is 5.22 Å². The van der Waals surface area contributed by atoms with Crippen molar-refractivity contribution in [2.24, 2.45) is 0 Å². The molecule has 0 atom stereocenters. The van der Waals surface area contributed by atoms with E-state index in [1.165, 1.54) is 0 Å². The zero-order valence-electron chi connectivity index (χ0n) is 7.53. The molecular weight excluding hydrogens is 172 g/mol. The molecule has 2 aliphatic rings. The Morgan fingerprint density at radius 1 is 0.857 bits per heavy atom. The molecule has 0 bridgehead atoms. The maximum atomic E-state index is 11.6. The van der Waals surface area contributed by atoms with E-state index in [2.05, 4.69) is 6.08 Å². The van der Waals surface area contributed by atoms with Crippen LogP contribution in [-0.2, 0) is 0 Å². The highest BCUT2D eigenvalue weighted by molar-refractivity contribution is 5.78. The Morgan fingerprint density at radius 2 is 1.64 bits per heavy atom. The van der Waals surface area contributed by atoms with E-state index in [0.29, 0.717) is 0 Å². The predicted octanol–water partition coefficient (Wildman–Crippen LogP) is 0.661. The lowest BCUT2D eigenvalue weighted by Gasteiger charge is -1.91. The van der Waals surface area contributed by atoms with Crippen molar-refractivity contribution in [1.82, 2.24) is 0 Å².